The van der Waals surface area contributed by atoms with Crippen LogP contribution in [0.1, 0.15) is 19.3 Å². The molecule has 0 bridgehead atoms. The number of likely N-dealkylation sites (N-methyl/N-ethyl adjacent to an activating group) is 1. The molecule has 1 N–H and O–H groups in total. The van der Waals surface area contributed by atoms with E-state index in [1.807, 2.05) is 13.1 Å². The van der Waals surface area contributed by atoms with Crippen LogP contribution in [0.5, 0.6) is 0 Å². The average molecular weight is 155 g/mol. The van der Waals surface area contributed by atoms with Gasteiger partial charge in [-0.1, -0.05) is 6.08 Å². The molecular formula is C9H17NO. The van der Waals surface area contributed by atoms with Gasteiger partial charge in [-0.05, 0) is 26.3 Å². The Morgan fingerprint density at radius 1 is 1.64 bits per heavy atom. The smallest absolute Gasteiger partial charge is 0.0763 e. The fourth-order valence-electron chi connectivity index (χ4n) is 1.50. The van der Waals surface area contributed by atoms with Crippen molar-refractivity contribution in [3.05, 3.63) is 12.7 Å². The first-order chi connectivity index (χ1) is 5.38. The maximum Gasteiger partial charge on any atom is 0.0763 e. The predicted molar refractivity (Wildman–Crippen MR) is 46.6 cm³/mol. The lowest BCUT2D eigenvalue weighted by Gasteiger charge is -2.28. The van der Waals surface area contributed by atoms with Crippen LogP contribution >= 0.6 is 0 Å². The van der Waals surface area contributed by atoms with Crippen molar-refractivity contribution in [1.29, 1.82) is 0 Å². The second-order valence-electron chi connectivity index (χ2n) is 2.96. The zero-order valence-corrected chi connectivity index (χ0v) is 7.18. The SMILES string of the molecule is C=CC(NC)C1CCCCO1. The van der Waals surface area contributed by atoms with Gasteiger partial charge in [0, 0.05) is 6.61 Å². The van der Waals surface area contributed by atoms with Crippen LogP contribution in [0.4, 0.5) is 0 Å². The molecular weight excluding hydrogens is 138 g/mol. The largest absolute Gasteiger partial charge is 0.376 e. The molecule has 0 aromatic heterocycles. The fourth-order valence-corrected chi connectivity index (χ4v) is 1.50. The molecule has 0 spiro atoms. The van der Waals surface area contributed by atoms with Crippen molar-refractivity contribution in [2.45, 2.75) is 31.4 Å². The molecule has 1 rings (SSSR count). The topological polar surface area (TPSA) is 21.3 Å². The third-order valence-corrected chi connectivity index (χ3v) is 2.20. The fraction of sp³-hybridized carbons (Fsp3) is 0.778. The van der Waals surface area contributed by atoms with E-state index in [0.29, 0.717) is 12.1 Å². The monoisotopic (exact) mass is 155 g/mol. The quantitative estimate of drug-likeness (QED) is 0.621. The minimum absolute atomic E-state index is 0.329. The summed E-state index contributed by atoms with van der Waals surface area (Å²) in [5.41, 5.74) is 0. The highest BCUT2D eigenvalue weighted by molar-refractivity contribution is 4.91. The molecule has 64 valence electrons. The molecule has 11 heavy (non-hydrogen) atoms. The van der Waals surface area contributed by atoms with E-state index in [0.717, 1.165) is 13.0 Å². The summed E-state index contributed by atoms with van der Waals surface area (Å²) in [5.74, 6) is 0. The Morgan fingerprint density at radius 2 is 2.45 bits per heavy atom. The molecule has 2 unspecified atom stereocenters. The first-order valence-electron chi connectivity index (χ1n) is 4.30. The minimum Gasteiger partial charge on any atom is -0.376 e. The van der Waals surface area contributed by atoms with Crippen LogP contribution in [0.2, 0.25) is 0 Å². The van der Waals surface area contributed by atoms with E-state index in [9.17, 15) is 0 Å². The molecule has 2 heteroatoms. The van der Waals surface area contributed by atoms with Crippen molar-refractivity contribution in [2.75, 3.05) is 13.7 Å². The highest BCUT2D eigenvalue weighted by atomic mass is 16.5. The van der Waals surface area contributed by atoms with E-state index in [1.54, 1.807) is 0 Å². The predicted octanol–water partition coefficient (Wildman–Crippen LogP) is 1.33. The third kappa shape index (κ3) is 2.31. The first kappa shape index (κ1) is 8.75. The number of nitrogens with one attached hydrogen (secondary N) is 1. The average Bonchev–Trinajstić information content (AvgIpc) is 2.09. The van der Waals surface area contributed by atoms with Gasteiger partial charge in [-0.2, -0.15) is 0 Å². The number of hydrogen-bond acceptors (Lipinski definition) is 2. The molecule has 1 heterocycles. The van der Waals surface area contributed by atoms with E-state index in [1.165, 1.54) is 12.8 Å². The van der Waals surface area contributed by atoms with Crippen molar-refractivity contribution < 1.29 is 4.74 Å². The van der Waals surface area contributed by atoms with Gasteiger partial charge < -0.3 is 10.1 Å². The van der Waals surface area contributed by atoms with Crippen LogP contribution in [-0.4, -0.2) is 25.8 Å². The number of rotatable bonds is 3. The minimum atomic E-state index is 0.329. The van der Waals surface area contributed by atoms with Gasteiger partial charge in [-0.15, -0.1) is 6.58 Å². The van der Waals surface area contributed by atoms with Gasteiger partial charge in [0.2, 0.25) is 0 Å². The lowest BCUT2D eigenvalue weighted by molar-refractivity contribution is 0.00366. The molecule has 1 saturated heterocycles. The molecule has 2 atom stereocenters. The molecule has 2 nitrogen and oxygen atoms in total. The molecule has 1 aliphatic heterocycles. The molecule has 0 radical (unpaired) electrons. The van der Waals surface area contributed by atoms with E-state index in [-0.39, 0.29) is 0 Å². The van der Waals surface area contributed by atoms with Crippen LogP contribution in [0.3, 0.4) is 0 Å². The van der Waals surface area contributed by atoms with Crippen molar-refractivity contribution in [3.8, 4) is 0 Å². The van der Waals surface area contributed by atoms with Crippen LogP contribution in [-0.2, 0) is 4.74 Å². The van der Waals surface area contributed by atoms with Crippen molar-refractivity contribution in [2.24, 2.45) is 0 Å². The van der Waals surface area contributed by atoms with E-state index in [4.69, 9.17) is 4.74 Å². The Morgan fingerprint density at radius 3 is 2.91 bits per heavy atom. The Bertz CT molecular complexity index is 119. The maximum atomic E-state index is 5.59. The van der Waals surface area contributed by atoms with Gasteiger partial charge in [-0.3, -0.25) is 0 Å². The van der Waals surface area contributed by atoms with Crippen LogP contribution in [0.25, 0.3) is 0 Å². The lowest BCUT2D eigenvalue weighted by Crippen LogP contribution is -2.39. The highest BCUT2D eigenvalue weighted by Gasteiger charge is 2.19. The third-order valence-electron chi connectivity index (χ3n) is 2.20. The summed E-state index contributed by atoms with van der Waals surface area (Å²) in [5, 5.41) is 3.18. The van der Waals surface area contributed by atoms with Gasteiger partial charge in [-0.25, -0.2) is 0 Å². The van der Waals surface area contributed by atoms with Crippen LogP contribution in [0.15, 0.2) is 12.7 Å². The molecule has 0 aromatic rings. The Labute approximate surface area is 68.6 Å². The molecule has 0 saturated carbocycles. The number of ether oxygens (including phenoxy) is 1. The van der Waals surface area contributed by atoms with Gasteiger partial charge in [0.1, 0.15) is 0 Å². The van der Waals surface area contributed by atoms with Crippen molar-refractivity contribution in [3.63, 3.8) is 0 Å². The van der Waals surface area contributed by atoms with E-state index >= 15 is 0 Å². The van der Waals surface area contributed by atoms with Gasteiger partial charge in [0.25, 0.3) is 0 Å². The Hall–Kier alpha value is -0.340. The summed E-state index contributed by atoms with van der Waals surface area (Å²) in [6, 6.07) is 0.329. The van der Waals surface area contributed by atoms with E-state index in [2.05, 4.69) is 11.9 Å². The Balaban J connectivity index is 2.35. The molecule has 1 aliphatic rings. The zero-order chi connectivity index (χ0) is 8.10. The number of hydrogen-bond donors (Lipinski definition) is 1. The van der Waals surface area contributed by atoms with Crippen molar-refractivity contribution in [1.82, 2.24) is 5.32 Å². The molecule has 0 aliphatic carbocycles. The molecule has 0 amide bonds. The molecule has 0 aromatic carbocycles. The summed E-state index contributed by atoms with van der Waals surface area (Å²) in [6.07, 6.45) is 5.94. The van der Waals surface area contributed by atoms with Crippen LogP contribution < -0.4 is 5.32 Å². The van der Waals surface area contributed by atoms with Crippen LogP contribution in [0, 0.1) is 0 Å². The second kappa shape index (κ2) is 4.52. The summed E-state index contributed by atoms with van der Waals surface area (Å²) in [6.45, 7) is 4.68. The lowest BCUT2D eigenvalue weighted by atomic mass is 10.0. The first-order valence-corrected chi connectivity index (χ1v) is 4.30. The summed E-state index contributed by atoms with van der Waals surface area (Å²) in [4.78, 5) is 0. The van der Waals surface area contributed by atoms with Crippen molar-refractivity contribution >= 4 is 0 Å². The van der Waals surface area contributed by atoms with Gasteiger partial charge in [0.15, 0.2) is 0 Å². The standard InChI is InChI=1S/C9H17NO/c1-3-8(10-2)9-6-4-5-7-11-9/h3,8-10H,1,4-7H2,2H3. The summed E-state index contributed by atoms with van der Waals surface area (Å²) < 4.78 is 5.59. The normalized spacial score (nSPS) is 27.9. The second-order valence-corrected chi connectivity index (χ2v) is 2.96. The maximum absolute atomic E-state index is 5.59. The summed E-state index contributed by atoms with van der Waals surface area (Å²) in [7, 11) is 1.95. The highest BCUT2D eigenvalue weighted by Crippen LogP contribution is 2.15. The Kier molecular flexibility index (Phi) is 3.60. The van der Waals surface area contributed by atoms with E-state index < -0.39 is 0 Å². The molecule has 1 fully saturated rings. The zero-order valence-electron chi connectivity index (χ0n) is 7.18. The summed E-state index contributed by atoms with van der Waals surface area (Å²) >= 11 is 0. The van der Waals surface area contributed by atoms with Gasteiger partial charge in [0.05, 0.1) is 12.1 Å². The van der Waals surface area contributed by atoms with Gasteiger partial charge >= 0.3 is 0 Å².